The molecule has 1 saturated heterocycles. The van der Waals surface area contributed by atoms with Gasteiger partial charge >= 0.3 is 6.18 Å². The van der Waals surface area contributed by atoms with E-state index in [2.05, 4.69) is 21.3 Å². The molecule has 1 N–H and O–H groups in total. The van der Waals surface area contributed by atoms with Crippen molar-refractivity contribution in [1.82, 2.24) is 4.98 Å². The Labute approximate surface area is 200 Å². The molecule has 0 atom stereocenters. The maximum Gasteiger partial charge on any atom is 0.416 e. The predicted molar refractivity (Wildman–Crippen MR) is 125 cm³/mol. The number of methoxy groups -OCH3 is 2. The van der Waals surface area contributed by atoms with Crippen molar-refractivity contribution in [3.63, 3.8) is 0 Å². The minimum absolute atomic E-state index is 0.240. The number of nitrogens with zero attached hydrogens (tertiary/aromatic N) is 3. The first-order chi connectivity index (χ1) is 16.7. The van der Waals surface area contributed by atoms with Gasteiger partial charge in [-0.15, -0.1) is 0 Å². The lowest BCUT2D eigenvalue weighted by Gasteiger charge is -2.34. The number of fused-ring (bicyclic) bond motifs is 1. The van der Waals surface area contributed by atoms with Crippen molar-refractivity contribution in [2.45, 2.75) is 19.0 Å². The highest BCUT2D eigenvalue weighted by Gasteiger charge is 2.31. The van der Waals surface area contributed by atoms with E-state index in [-0.39, 0.29) is 11.8 Å². The maximum atomic E-state index is 12.8. The van der Waals surface area contributed by atoms with Gasteiger partial charge in [0, 0.05) is 42.3 Å². The molecule has 1 aromatic heterocycles. The molecular weight excluding hydrogens is 461 g/mol. The summed E-state index contributed by atoms with van der Waals surface area (Å²) in [4.78, 5) is 19.2. The Bertz CT molecular complexity index is 1280. The standard InChI is InChI=1S/C25H23F3N4O3/c1-34-21-11-19-20(12-22(21)35-2)30-14-16(13-29)23(19)32-9-7-15(8-10-32)24(33)31-18-5-3-17(4-6-18)25(26,27)28/h3-6,11-12,14-15H,7-10H2,1-2H3,(H,31,33). The number of aromatic nitrogens is 1. The van der Waals surface area contributed by atoms with Crippen molar-refractivity contribution in [2.75, 3.05) is 37.5 Å². The van der Waals surface area contributed by atoms with Crippen molar-refractivity contribution >= 4 is 28.2 Å². The second-order valence-corrected chi connectivity index (χ2v) is 8.18. The number of halogens is 3. The molecule has 0 spiro atoms. The molecule has 0 bridgehead atoms. The average molecular weight is 484 g/mol. The van der Waals surface area contributed by atoms with Crippen LogP contribution in [0.2, 0.25) is 0 Å². The van der Waals surface area contributed by atoms with E-state index in [0.29, 0.717) is 54.2 Å². The van der Waals surface area contributed by atoms with Gasteiger partial charge in [0.1, 0.15) is 6.07 Å². The fraction of sp³-hybridized carbons (Fsp3) is 0.320. The third kappa shape index (κ3) is 4.94. The number of piperidine rings is 1. The topological polar surface area (TPSA) is 87.5 Å². The van der Waals surface area contributed by atoms with E-state index >= 15 is 0 Å². The number of benzene rings is 2. The van der Waals surface area contributed by atoms with Crippen LogP contribution in [0, 0.1) is 17.2 Å². The van der Waals surface area contributed by atoms with E-state index in [4.69, 9.17) is 9.47 Å². The minimum Gasteiger partial charge on any atom is -0.493 e. The molecule has 0 radical (unpaired) electrons. The summed E-state index contributed by atoms with van der Waals surface area (Å²) < 4.78 is 49.0. The number of ether oxygens (including phenoxy) is 2. The van der Waals surface area contributed by atoms with Crippen LogP contribution in [0.3, 0.4) is 0 Å². The number of hydrogen-bond donors (Lipinski definition) is 1. The van der Waals surface area contributed by atoms with E-state index in [1.807, 2.05) is 0 Å². The lowest BCUT2D eigenvalue weighted by atomic mass is 9.94. The first-order valence-corrected chi connectivity index (χ1v) is 10.9. The Hall–Kier alpha value is -4.00. The van der Waals surface area contributed by atoms with E-state index in [9.17, 15) is 23.2 Å². The highest BCUT2D eigenvalue weighted by molar-refractivity contribution is 5.97. The Morgan fingerprint density at radius 2 is 1.74 bits per heavy atom. The number of carbonyl (C=O) groups is 1. The minimum atomic E-state index is -4.43. The molecule has 2 heterocycles. The first-order valence-electron chi connectivity index (χ1n) is 10.9. The summed E-state index contributed by atoms with van der Waals surface area (Å²) >= 11 is 0. The van der Waals surface area contributed by atoms with Crippen LogP contribution in [-0.2, 0) is 11.0 Å². The average Bonchev–Trinajstić information content (AvgIpc) is 2.86. The van der Waals surface area contributed by atoms with E-state index < -0.39 is 11.7 Å². The second kappa shape index (κ2) is 9.70. The van der Waals surface area contributed by atoms with Crippen LogP contribution in [0.25, 0.3) is 10.9 Å². The van der Waals surface area contributed by atoms with Gasteiger partial charge in [-0.25, -0.2) is 0 Å². The third-order valence-corrected chi connectivity index (χ3v) is 6.13. The van der Waals surface area contributed by atoms with Gasteiger partial charge in [0.2, 0.25) is 5.91 Å². The number of nitriles is 1. The number of nitrogens with one attached hydrogen (secondary N) is 1. The molecule has 1 fully saturated rings. The van der Waals surface area contributed by atoms with Crippen molar-refractivity contribution < 1.29 is 27.4 Å². The van der Waals surface area contributed by atoms with Crippen molar-refractivity contribution in [3.05, 3.63) is 53.7 Å². The number of alkyl halides is 3. The van der Waals surface area contributed by atoms with Gasteiger partial charge in [0.05, 0.1) is 36.6 Å². The number of rotatable bonds is 5. The van der Waals surface area contributed by atoms with Crippen LogP contribution in [0.4, 0.5) is 24.5 Å². The summed E-state index contributed by atoms with van der Waals surface area (Å²) in [7, 11) is 3.07. The second-order valence-electron chi connectivity index (χ2n) is 8.18. The highest BCUT2D eigenvalue weighted by atomic mass is 19.4. The molecule has 4 rings (SSSR count). The number of anilines is 2. The summed E-state index contributed by atoms with van der Waals surface area (Å²) in [5, 5.41) is 13.2. The largest absolute Gasteiger partial charge is 0.493 e. The molecule has 2 aromatic carbocycles. The van der Waals surface area contributed by atoms with Crippen LogP contribution in [0.5, 0.6) is 11.5 Å². The SMILES string of the molecule is COc1cc2ncc(C#N)c(N3CCC(C(=O)Nc4ccc(C(F)(F)F)cc4)CC3)c2cc1OC. The number of hydrogen-bond acceptors (Lipinski definition) is 6. The summed E-state index contributed by atoms with van der Waals surface area (Å²) in [6.45, 7) is 1.04. The van der Waals surface area contributed by atoms with E-state index in [1.54, 1.807) is 12.1 Å². The molecule has 0 unspecified atom stereocenters. The van der Waals surface area contributed by atoms with Crippen molar-refractivity contribution in [2.24, 2.45) is 5.92 Å². The number of carbonyl (C=O) groups excluding carboxylic acids is 1. The van der Waals surface area contributed by atoms with Crippen LogP contribution in [0.15, 0.2) is 42.6 Å². The zero-order chi connectivity index (χ0) is 25.2. The number of amides is 1. The molecule has 1 aliphatic heterocycles. The molecule has 182 valence electrons. The van der Waals surface area contributed by atoms with E-state index in [1.165, 1.54) is 32.5 Å². The van der Waals surface area contributed by atoms with Gasteiger partial charge < -0.3 is 19.7 Å². The summed E-state index contributed by atoms with van der Waals surface area (Å²) in [5.74, 6) is 0.503. The number of pyridine rings is 1. The molecule has 35 heavy (non-hydrogen) atoms. The maximum absolute atomic E-state index is 12.8. The lowest BCUT2D eigenvalue weighted by Crippen LogP contribution is -2.38. The zero-order valence-electron chi connectivity index (χ0n) is 19.1. The van der Waals surface area contributed by atoms with Gasteiger partial charge in [-0.05, 0) is 43.2 Å². The Kier molecular flexibility index (Phi) is 6.69. The zero-order valence-corrected chi connectivity index (χ0v) is 19.1. The van der Waals surface area contributed by atoms with Crippen LogP contribution < -0.4 is 19.7 Å². The monoisotopic (exact) mass is 484 g/mol. The predicted octanol–water partition coefficient (Wildman–Crippen LogP) is 5.00. The lowest BCUT2D eigenvalue weighted by molar-refractivity contribution is -0.137. The third-order valence-electron chi connectivity index (χ3n) is 6.13. The molecular formula is C25H23F3N4O3. The summed E-state index contributed by atoms with van der Waals surface area (Å²) in [5.41, 5.74) is 1.34. The fourth-order valence-corrected chi connectivity index (χ4v) is 4.28. The van der Waals surface area contributed by atoms with Crippen molar-refractivity contribution in [3.8, 4) is 17.6 Å². The van der Waals surface area contributed by atoms with Gasteiger partial charge in [0.25, 0.3) is 0 Å². The molecule has 0 saturated carbocycles. The Morgan fingerprint density at radius 1 is 1.11 bits per heavy atom. The van der Waals surface area contributed by atoms with Gasteiger partial charge in [0.15, 0.2) is 11.5 Å². The molecule has 1 amide bonds. The van der Waals surface area contributed by atoms with Gasteiger partial charge in [-0.1, -0.05) is 0 Å². The normalized spacial score (nSPS) is 14.5. The fourth-order valence-electron chi connectivity index (χ4n) is 4.28. The quantitative estimate of drug-likeness (QED) is 0.549. The van der Waals surface area contributed by atoms with Crippen LogP contribution >= 0.6 is 0 Å². The van der Waals surface area contributed by atoms with E-state index in [0.717, 1.165) is 23.2 Å². The molecule has 1 aliphatic rings. The summed E-state index contributed by atoms with van der Waals surface area (Å²) in [6, 6.07) is 10.1. The smallest absolute Gasteiger partial charge is 0.416 e. The first kappa shape index (κ1) is 24.1. The molecule has 7 nitrogen and oxygen atoms in total. The Morgan fingerprint density at radius 3 is 2.31 bits per heavy atom. The van der Waals surface area contributed by atoms with Gasteiger partial charge in [-0.2, -0.15) is 18.4 Å². The molecule has 3 aromatic rings. The summed E-state index contributed by atoms with van der Waals surface area (Å²) in [6.07, 6.45) is -1.86. The Balaban J connectivity index is 1.50. The molecule has 0 aliphatic carbocycles. The van der Waals surface area contributed by atoms with Gasteiger partial charge in [-0.3, -0.25) is 9.78 Å². The van der Waals surface area contributed by atoms with Crippen LogP contribution in [0.1, 0.15) is 24.0 Å². The molecule has 10 heteroatoms. The van der Waals surface area contributed by atoms with Crippen molar-refractivity contribution in [1.29, 1.82) is 5.26 Å². The highest BCUT2D eigenvalue weighted by Crippen LogP contribution is 2.38. The van der Waals surface area contributed by atoms with Crippen LogP contribution in [-0.4, -0.2) is 38.2 Å².